The number of hydrogen-bond acceptors (Lipinski definition) is 4. The second kappa shape index (κ2) is 6.95. The summed E-state index contributed by atoms with van der Waals surface area (Å²) in [5.41, 5.74) is 3.35. The number of hydrogen-bond donors (Lipinski definition) is 0. The Balaban J connectivity index is 1.73. The summed E-state index contributed by atoms with van der Waals surface area (Å²) >= 11 is 0. The van der Waals surface area contributed by atoms with Crippen LogP contribution in [0.2, 0.25) is 0 Å². The van der Waals surface area contributed by atoms with Crippen molar-refractivity contribution in [1.82, 2.24) is 4.90 Å². The van der Waals surface area contributed by atoms with Gasteiger partial charge in [0.2, 0.25) is 9.84 Å². The summed E-state index contributed by atoms with van der Waals surface area (Å²) in [6.45, 7) is 7.42. The molecule has 0 N–H and O–H groups in total. The highest BCUT2D eigenvalue weighted by Crippen LogP contribution is 2.45. The Morgan fingerprint density at radius 3 is 2.52 bits per heavy atom. The topological polar surface area (TPSA) is 40.6 Å². The third-order valence-corrected chi connectivity index (χ3v) is 8.04. The molecule has 0 saturated carbocycles. The van der Waals surface area contributed by atoms with E-state index in [4.69, 9.17) is 0 Å². The number of rotatable bonds is 3. The van der Waals surface area contributed by atoms with Crippen LogP contribution < -0.4 is 4.90 Å². The van der Waals surface area contributed by atoms with Gasteiger partial charge in [-0.05, 0) is 74.3 Å². The standard InChI is InChI=1S/C22H28N2O2S/c1-4-24-12-10-19-20-15-18(8-9-21(20)23(3)22(19)11-13-24)27(25,26)17-7-5-6-16(2)14-17/h5-9,14-15,19,22H,4,10-13H2,1-3H3/t19-,22-/m0/s1. The van der Waals surface area contributed by atoms with Gasteiger partial charge >= 0.3 is 0 Å². The Morgan fingerprint density at radius 1 is 1.04 bits per heavy atom. The molecule has 4 rings (SSSR count). The molecule has 0 radical (unpaired) electrons. The first-order valence-electron chi connectivity index (χ1n) is 9.82. The van der Waals surface area contributed by atoms with E-state index >= 15 is 0 Å². The van der Waals surface area contributed by atoms with Crippen LogP contribution in [0.5, 0.6) is 0 Å². The van der Waals surface area contributed by atoms with E-state index in [0.717, 1.165) is 38.0 Å². The summed E-state index contributed by atoms with van der Waals surface area (Å²) in [5, 5.41) is 0. The third-order valence-electron chi connectivity index (χ3n) is 6.30. The largest absolute Gasteiger partial charge is 0.371 e. The number of fused-ring (bicyclic) bond motifs is 3. The maximum atomic E-state index is 13.2. The molecule has 2 aliphatic rings. The quantitative estimate of drug-likeness (QED) is 0.806. The lowest BCUT2D eigenvalue weighted by atomic mass is 9.91. The fourth-order valence-electron chi connectivity index (χ4n) is 4.70. The zero-order valence-corrected chi connectivity index (χ0v) is 17.2. The Labute approximate surface area is 162 Å². The lowest BCUT2D eigenvalue weighted by molar-refractivity contribution is 0.298. The molecule has 1 fully saturated rings. The highest BCUT2D eigenvalue weighted by atomic mass is 32.2. The van der Waals surface area contributed by atoms with Crippen LogP contribution in [0.3, 0.4) is 0 Å². The molecule has 0 aromatic heterocycles. The minimum atomic E-state index is -3.49. The van der Waals surface area contributed by atoms with Crippen LogP contribution in [-0.2, 0) is 9.84 Å². The van der Waals surface area contributed by atoms with Gasteiger partial charge in [0.25, 0.3) is 0 Å². The number of nitrogens with zero attached hydrogens (tertiary/aromatic N) is 2. The van der Waals surface area contributed by atoms with E-state index < -0.39 is 9.84 Å². The van der Waals surface area contributed by atoms with Crippen LogP contribution in [-0.4, -0.2) is 46.0 Å². The molecular formula is C22H28N2O2S. The Morgan fingerprint density at radius 2 is 1.78 bits per heavy atom. The van der Waals surface area contributed by atoms with Crippen LogP contribution in [0.1, 0.15) is 36.8 Å². The van der Waals surface area contributed by atoms with Crippen LogP contribution in [0, 0.1) is 6.92 Å². The van der Waals surface area contributed by atoms with Crippen molar-refractivity contribution in [3.8, 4) is 0 Å². The Bertz CT molecular complexity index is 955. The molecule has 0 unspecified atom stereocenters. The molecule has 2 aliphatic heterocycles. The van der Waals surface area contributed by atoms with Crippen molar-refractivity contribution in [2.75, 3.05) is 31.6 Å². The fourth-order valence-corrected chi connectivity index (χ4v) is 6.10. The molecule has 2 aromatic rings. The van der Waals surface area contributed by atoms with Crippen molar-refractivity contribution in [3.05, 3.63) is 53.6 Å². The van der Waals surface area contributed by atoms with Crippen molar-refractivity contribution < 1.29 is 8.42 Å². The lowest BCUT2D eigenvalue weighted by Gasteiger charge is -2.25. The highest BCUT2D eigenvalue weighted by molar-refractivity contribution is 7.91. The van der Waals surface area contributed by atoms with Crippen LogP contribution in [0.25, 0.3) is 0 Å². The molecule has 2 atom stereocenters. The first-order chi connectivity index (χ1) is 12.9. The van der Waals surface area contributed by atoms with E-state index in [1.807, 2.05) is 31.2 Å². The van der Waals surface area contributed by atoms with Crippen LogP contribution >= 0.6 is 0 Å². The van der Waals surface area contributed by atoms with Gasteiger partial charge in [0, 0.05) is 31.2 Å². The molecule has 0 aliphatic carbocycles. The van der Waals surface area contributed by atoms with Crippen molar-refractivity contribution in [2.45, 2.75) is 48.4 Å². The van der Waals surface area contributed by atoms with E-state index in [2.05, 4.69) is 23.8 Å². The molecule has 27 heavy (non-hydrogen) atoms. The van der Waals surface area contributed by atoms with E-state index in [0.29, 0.717) is 21.8 Å². The summed E-state index contributed by atoms with van der Waals surface area (Å²) in [6, 6.07) is 13.4. The summed E-state index contributed by atoms with van der Waals surface area (Å²) < 4.78 is 26.3. The minimum absolute atomic E-state index is 0.378. The average Bonchev–Trinajstić information content (AvgIpc) is 2.82. The van der Waals surface area contributed by atoms with Crippen LogP contribution in [0.15, 0.2) is 52.3 Å². The molecule has 0 amide bonds. The summed E-state index contributed by atoms with van der Waals surface area (Å²) in [5.74, 6) is 0.411. The molecule has 4 nitrogen and oxygen atoms in total. The van der Waals surface area contributed by atoms with Crippen molar-refractivity contribution >= 4 is 15.5 Å². The van der Waals surface area contributed by atoms with Gasteiger partial charge < -0.3 is 9.80 Å². The molecule has 2 heterocycles. The number of likely N-dealkylation sites (tertiary alicyclic amines) is 1. The highest BCUT2D eigenvalue weighted by Gasteiger charge is 2.38. The van der Waals surface area contributed by atoms with Gasteiger partial charge in [0.15, 0.2) is 0 Å². The van der Waals surface area contributed by atoms with E-state index in [9.17, 15) is 8.42 Å². The molecule has 1 saturated heterocycles. The number of anilines is 1. The van der Waals surface area contributed by atoms with Gasteiger partial charge in [-0.25, -0.2) is 8.42 Å². The third kappa shape index (κ3) is 3.17. The molecule has 144 valence electrons. The lowest BCUT2D eigenvalue weighted by Crippen LogP contribution is -2.31. The minimum Gasteiger partial charge on any atom is -0.371 e. The van der Waals surface area contributed by atoms with E-state index in [1.165, 1.54) is 11.3 Å². The first kappa shape index (κ1) is 18.5. The molecule has 0 bridgehead atoms. The van der Waals surface area contributed by atoms with Gasteiger partial charge in [-0.15, -0.1) is 0 Å². The molecule has 0 spiro atoms. The summed E-state index contributed by atoms with van der Waals surface area (Å²) in [4.78, 5) is 5.65. The summed E-state index contributed by atoms with van der Waals surface area (Å²) in [6.07, 6.45) is 2.22. The zero-order valence-electron chi connectivity index (χ0n) is 16.4. The maximum absolute atomic E-state index is 13.2. The average molecular weight is 385 g/mol. The molecular weight excluding hydrogens is 356 g/mol. The monoisotopic (exact) mass is 384 g/mol. The van der Waals surface area contributed by atoms with Gasteiger partial charge in [-0.3, -0.25) is 0 Å². The van der Waals surface area contributed by atoms with Gasteiger partial charge in [0.05, 0.1) is 9.79 Å². The summed E-state index contributed by atoms with van der Waals surface area (Å²) in [7, 11) is -1.34. The number of aryl methyl sites for hydroxylation is 1. The SMILES string of the molecule is CCN1CC[C@H]2c3cc(S(=O)(=O)c4cccc(C)c4)ccc3N(C)[C@H]2CC1. The normalized spacial score (nSPS) is 23.0. The molecule has 5 heteroatoms. The van der Waals surface area contributed by atoms with Gasteiger partial charge in [0.1, 0.15) is 0 Å². The van der Waals surface area contributed by atoms with Gasteiger partial charge in [-0.1, -0.05) is 19.1 Å². The van der Waals surface area contributed by atoms with Gasteiger partial charge in [-0.2, -0.15) is 0 Å². The second-order valence-electron chi connectivity index (χ2n) is 7.84. The van der Waals surface area contributed by atoms with Crippen molar-refractivity contribution in [3.63, 3.8) is 0 Å². The predicted octanol–water partition coefficient (Wildman–Crippen LogP) is 3.85. The van der Waals surface area contributed by atoms with Crippen molar-refractivity contribution in [1.29, 1.82) is 0 Å². The smallest absolute Gasteiger partial charge is 0.206 e. The van der Waals surface area contributed by atoms with E-state index in [1.54, 1.807) is 18.2 Å². The van der Waals surface area contributed by atoms with Crippen LogP contribution in [0.4, 0.5) is 5.69 Å². The number of likely N-dealkylation sites (N-methyl/N-ethyl adjacent to an activating group) is 1. The first-order valence-corrected chi connectivity index (χ1v) is 11.3. The number of benzene rings is 2. The maximum Gasteiger partial charge on any atom is 0.206 e. The Kier molecular flexibility index (Phi) is 4.77. The predicted molar refractivity (Wildman–Crippen MR) is 109 cm³/mol. The van der Waals surface area contributed by atoms with Crippen molar-refractivity contribution in [2.24, 2.45) is 0 Å². The van der Waals surface area contributed by atoms with E-state index in [-0.39, 0.29) is 0 Å². The zero-order chi connectivity index (χ0) is 19.2. The fraction of sp³-hybridized carbons (Fsp3) is 0.455. The second-order valence-corrected chi connectivity index (χ2v) is 9.79. The Hall–Kier alpha value is -1.85. The molecule has 2 aromatic carbocycles. The number of sulfone groups is 1.